The summed E-state index contributed by atoms with van der Waals surface area (Å²) in [7, 11) is 0. The summed E-state index contributed by atoms with van der Waals surface area (Å²) in [4.78, 5) is 27.1. The Bertz CT molecular complexity index is 1730. The molecule has 0 saturated carbocycles. The number of carboxylic acids is 2. The summed E-state index contributed by atoms with van der Waals surface area (Å²) in [5, 5.41) is 30.3. The topological polar surface area (TPSA) is 142 Å². The minimum atomic E-state index is -2.19. The maximum Gasteiger partial charge on any atom is 0.209 e. The minimum absolute atomic E-state index is 0.592. The van der Waals surface area contributed by atoms with Gasteiger partial charge in [-0.3, -0.25) is 0 Å². The van der Waals surface area contributed by atoms with Crippen LogP contribution in [0.3, 0.4) is 0 Å². The number of quaternary nitrogens is 2. The number of halogens is 2. The van der Waals surface area contributed by atoms with E-state index in [1.54, 1.807) is 23.5 Å². The SMILES string of the molecule is Cc1nc(SCC[N+](C(C)C)(C(C)C)C(C)C)nn1-c1cccc(Cl)c1.Cc1nc(SCC[N+](C(C)C)(C(C)C)C(C)C)nn1-c1cccc(Cl)c1.O=C([O-])C(=O)[O-]. The molecule has 0 aliphatic heterocycles. The quantitative estimate of drug-likeness (QED) is 0.0644. The molecule has 0 spiro atoms. The van der Waals surface area contributed by atoms with Gasteiger partial charge in [0.25, 0.3) is 0 Å². The van der Waals surface area contributed by atoms with Gasteiger partial charge >= 0.3 is 0 Å². The van der Waals surface area contributed by atoms with E-state index in [0.717, 1.165) is 66.9 Å². The second-order valence-electron chi connectivity index (χ2n) is 15.9. The lowest BCUT2D eigenvalue weighted by Crippen LogP contribution is -2.62. The second-order valence-corrected chi connectivity index (χ2v) is 18.9. The maximum atomic E-state index is 8.93. The Morgan fingerprint density at radius 3 is 1.12 bits per heavy atom. The van der Waals surface area contributed by atoms with Crippen LogP contribution in [0.4, 0.5) is 0 Å². The average Bonchev–Trinajstić information content (AvgIpc) is 3.69. The number of carboxylic acid groups (broad SMARTS) is 2. The number of thioether (sulfide) groups is 2. The Balaban J connectivity index is 0.000000351. The molecule has 0 unspecified atom stereocenters. The van der Waals surface area contributed by atoms with E-state index in [9.17, 15) is 0 Å². The Labute approximate surface area is 364 Å². The molecule has 0 N–H and O–H groups in total. The van der Waals surface area contributed by atoms with Gasteiger partial charge in [0.2, 0.25) is 10.3 Å². The highest BCUT2D eigenvalue weighted by molar-refractivity contribution is 7.99. The van der Waals surface area contributed by atoms with Crippen LogP contribution in [0.15, 0.2) is 58.8 Å². The maximum absolute atomic E-state index is 8.93. The predicted octanol–water partition coefficient (Wildman–Crippen LogP) is 7.21. The summed E-state index contributed by atoms with van der Waals surface area (Å²) in [5.74, 6) is -0.592. The third kappa shape index (κ3) is 13.4. The Morgan fingerprint density at radius 1 is 0.586 bits per heavy atom. The van der Waals surface area contributed by atoms with Gasteiger partial charge in [-0.05, 0) is 133 Å². The molecule has 0 atom stereocenters. The summed E-state index contributed by atoms with van der Waals surface area (Å²) in [6.07, 6.45) is 0. The standard InChI is InChI=1S/2C20H32ClN4S.C2H2O4/c2*1-14(2)25(15(3)4,16(5)6)11-12-26-20-22-17(7)24(23-20)19-10-8-9-18(21)13-19;3-1(4)2(5)6/h2*8-10,13-16H,11-12H2,1-7H3;(H,3,4)(H,5,6)/q2*+1;/p-2. The molecule has 0 aliphatic rings. The van der Waals surface area contributed by atoms with Crippen molar-refractivity contribution in [2.24, 2.45) is 0 Å². The van der Waals surface area contributed by atoms with Gasteiger partial charge in [0.1, 0.15) is 11.6 Å². The van der Waals surface area contributed by atoms with Crippen molar-refractivity contribution in [1.82, 2.24) is 29.5 Å². The van der Waals surface area contributed by atoms with Crippen molar-refractivity contribution >= 4 is 58.7 Å². The van der Waals surface area contributed by atoms with Crippen LogP contribution in [0, 0.1) is 13.8 Å². The smallest absolute Gasteiger partial charge is 0.209 e. The summed E-state index contributed by atoms with van der Waals surface area (Å²) in [6.45, 7) is 34.2. The van der Waals surface area contributed by atoms with E-state index in [2.05, 4.69) is 103 Å². The monoisotopic (exact) mass is 878 g/mol. The number of benzene rings is 2. The lowest BCUT2D eigenvalue weighted by atomic mass is 10.1. The van der Waals surface area contributed by atoms with E-state index in [-0.39, 0.29) is 0 Å². The molecule has 4 aromatic rings. The molecule has 0 bridgehead atoms. The molecule has 0 fully saturated rings. The molecule has 2 heterocycles. The highest BCUT2D eigenvalue weighted by Crippen LogP contribution is 2.29. The van der Waals surface area contributed by atoms with Crippen molar-refractivity contribution in [3.8, 4) is 11.4 Å². The number of hydrogen-bond acceptors (Lipinski definition) is 10. The van der Waals surface area contributed by atoms with Crippen LogP contribution >= 0.6 is 46.7 Å². The zero-order valence-electron chi connectivity index (χ0n) is 36.7. The number of rotatable bonds is 16. The fourth-order valence-electron chi connectivity index (χ4n) is 8.28. The fourth-order valence-corrected chi connectivity index (χ4v) is 10.5. The van der Waals surface area contributed by atoms with Gasteiger partial charge < -0.3 is 28.8 Å². The van der Waals surface area contributed by atoms with E-state index in [1.165, 1.54) is 0 Å². The van der Waals surface area contributed by atoms with E-state index in [0.29, 0.717) is 46.3 Å². The van der Waals surface area contributed by atoms with Crippen LogP contribution in [0.5, 0.6) is 0 Å². The minimum Gasteiger partial charge on any atom is -0.543 e. The zero-order valence-corrected chi connectivity index (χ0v) is 39.8. The van der Waals surface area contributed by atoms with Crippen LogP contribution in [0.2, 0.25) is 10.0 Å². The first kappa shape index (κ1) is 51.0. The first-order valence-corrected chi connectivity index (χ1v) is 22.5. The van der Waals surface area contributed by atoms with Gasteiger partial charge in [-0.2, -0.15) is 0 Å². The summed E-state index contributed by atoms with van der Waals surface area (Å²) >= 11 is 15.7. The van der Waals surface area contributed by atoms with Crippen LogP contribution in [0.25, 0.3) is 11.4 Å². The van der Waals surface area contributed by atoms with E-state index >= 15 is 0 Å². The Hall–Kier alpha value is -3.14. The van der Waals surface area contributed by atoms with Crippen LogP contribution < -0.4 is 10.2 Å². The molecule has 58 heavy (non-hydrogen) atoms. The predicted molar refractivity (Wildman–Crippen MR) is 235 cm³/mol. The van der Waals surface area contributed by atoms with Gasteiger partial charge in [-0.1, -0.05) is 58.9 Å². The molecule has 0 aliphatic carbocycles. The van der Waals surface area contributed by atoms with Gasteiger partial charge in [0.05, 0.1) is 84.2 Å². The van der Waals surface area contributed by atoms with Gasteiger partial charge in [0.15, 0.2) is 0 Å². The van der Waals surface area contributed by atoms with Crippen molar-refractivity contribution in [3.05, 3.63) is 70.2 Å². The van der Waals surface area contributed by atoms with Gasteiger partial charge in [-0.15, -0.1) is 10.2 Å². The van der Waals surface area contributed by atoms with Crippen molar-refractivity contribution < 1.29 is 28.8 Å². The van der Waals surface area contributed by atoms with Crippen LogP contribution in [0.1, 0.15) is 94.7 Å². The zero-order chi connectivity index (χ0) is 44.1. The van der Waals surface area contributed by atoms with Crippen molar-refractivity contribution in [2.75, 3.05) is 24.6 Å². The first-order valence-electron chi connectivity index (χ1n) is 19.8. The second kappa shape index (κ2) is 23.0. The van der Waals surface area contributed by atoms with E-state index < -0.39 is 11.9 Å². The lowest BCUT2D eigenvalue weighted by Gasteiger charge is -2.49. The number of nitrogens with zero attached hydrogens (tertiary/aromatic N) is 8. The normalized spacial score (nSPS) is 12.0. The molecule has 0 amide bonds. The summed E-state index contributed by atoms with van der Waals surface area (Å²) in [6, 6.07) is 19.0. The van der Waals surface area contributed by atoms with Crippen molar-refractivity contribution in [3.63, 3.8) is 0 Å². The van der Waals surface area contributed by atoms with E-state index in [1.807, 2.05) is 71.7 Å². The Kier molecular flexibility index (Phi) is 20.2. The molecule has 0 radical (unpaired) electrons. The summed E-state index contributed by atoms with van der Waals surface area (Å²) in [5.41, 5.74) is 1.90. The average molecular weight is 880 g/mol. The first-order chi connectivity index (χ1) is 27.0. The molecule has 2 aromatic carbocycles. The number of aromatic nitrogens is 6. The molecule has 12 nitrogen and oxygen atoms in total. The highest BCUT2D eigenvalue weighted by Gasteiger charge is 2.38. The van der Waals surface area contributed by atoms with Crippen molar-refractivity contribution in [2.45, 2.75) is 143 Å². The Morgan fingerprint density at radius 2 is 0.879 bits per heavy atom. The molecule has 2 aromatic heterocycles. The van der Waals surface area contributed by atoms with Crippen molar-refractivity contribution in [1.29, 1.82) is 0 Å². The number of aryl methyl sites for hydroxylation is 2. The van der Waals surface area contributed by atoms with Gasteiger partial charge in [-0.25, -0.2) is 19.3 Å². The van der Waals surface area contributed by atoms with E-state index in [4.69, 9.17) is 43.0 Å². The van der Waals surface area contributed by atoms with Crippen LogP contribution in [-0.4, -0.2) is 111 Å². The third-order valence-electron chi connectivity index (χ3n) is 11.0. The largest absolute Gasteiger partial charge is 0.543 e. The number of aliphatic carboxylic acids is 2. The molecule has 16 heteroatoms. The highest BCUT2D eigenvalue weighted by atomic mass is 35.5. The molecule has 0 saturated heterocycles. The van der Waals surface area contributed by atoms with Crippen LogP contribution in [-0.2, 0) is 9.59 Å². The molecule has 322 valence electrons. The molecular weight excluding hydrogens is 816 g/mol. The number of carbonyl (C=O) groups excluding carboxylic acids is 2. The molecular formula is C42H64Cl2N8O4S2. The fraction of sp³-hybridized carbons (Fsp3) is 0.571. The lowest BCUT2D eigenvalue weighted by molar-refractivity contribution is -0.983. The number of carbonyl (C=O) groups is 2. The third-order valence-corrected chi connectivity index (χ3v) is 13.1. The molecule has 4 rings (SSSR count). The van der Waals surface area contributed by atoms with Gasteiger partial charge in [0, 0.05) is 10.0 Å². The number of hydrogen-bond donors (Lipinski definition) is 0. The summed E-state index contributed by atoms with van der Waals surface area (Å²) < 4.78 is 5.95.